The van der Waals surface area contributed by atoms with Crippen molar-refractivity contribution in [3.63, 3.8) is 0 Å². The molecule has 0 unspecified atom stereocenters. The Morgan fingerprint density at radius 1 is 1.11 bits per heavy atom. The van der Waals surface area contributed by atoms with Gasteiger partial charge in [0.2, 0.25) is 5.91 Å². The lowest BCUT2D eigenvalue weighted by molar-refractivity contribution is -0.119. The fourth-order valence-corrected chi connectivity index (χ4v) is 3.45. The van der Waals surface area contributed by atoms with Crippen LogP contribution >= 0.6 is 0 Å². The van der Waals surface area contributed by atoms with E-state index in [0.717, 1.165) is 27.5 Å². The van der Waals surface area contributed by atoms with Crippen molar-refractivity contribution in [1.29, 1.82) is 0 Å². The minimum atomic E-state index is -0.294. The number of H-pyrrole nitrogens is 1. The maximum absolute atomic E-state index is 12.9. The fourth-order valence-electron chi connectivity index (χ4n) is 3.45. The molecule has 0 radical (unpaired) electrons. The molecular weight excluding hydrogens is 340 g/mol. The van der Waals surface area contributed by atoms with Gasteiger partial charge in [0.25, 0.3) is 5.56 Å². The highest BCUT2D eigenvalue weighted by atomic mass is 16.2. The van der Waals surface area contributed by atoms with Crippen LogP contribution in [0.5, 0.6) is 0 Å². The first kappa shape index (κ1) is 17.0. The number of amides is 1. The number of fused-ring (bicyclic) bond motifs is 3. The second kappa shape index (κ2) is 6.72. The monoisotopic (exact) mass is 360 g/mol. The highest BCUT2D eigenvalue weighted by Gasteiger charge is 2.18. The third-order valence-electron chi connectivity index (χ3n) is 4.83. The number of aromatic nitrogens is 3. The fraction of sp³-hybridized carbons (Fsp3) is 0.190. The highest BCUT2D eigenvalue weighted by Crippen LogP contribution is 2.22. The molecule has 2 heterocycles. The molecule has 1 N–H and O–H groups in total. The van der Waals surface area contributed by atoms with Gasteiger partial charge in [0.15, 0.2) is 0 Å². The number of nitrogens with zero attached hydrogens (tertiary/aromatic N) is 3. The van der Waals surface area contributed by atoms with E-state index in [1.807, 2.05) is 62.4 Å². The minimum absolute atomic E-state index is 0.105. The number of rotatable bonds is 4. The molecule has 2 aromatic heterocycles. The van der Waals surface area contributed by atoms with E-state index in [9.17, 15) is 9.59 Å². The number of carbonyl (C=O) groups is 1. The van der Waals surface area contributed by atoms with Gasteiger partial charge in [-0.3, -0.25) is 9.59 Å². The van der Waals surface area contributed by atoms with Crippen molar-refractivity contribution in [3.8, 4) is 0 Å². The molecular formula is C21H20N4O2. The quantitative estimate of drug-likeness (QED) is 0.607. The summed E-state index contributed by atoms with van der Waals surface area (Å²) in [6.45, 7) is 4.30. The molecule has 0 saturated carbocycles. The summed E-state index contributed by atoms with van der Waals surface area (Å²) in [7, 11) is 0. The minimum Gasteiger partial charge on any atom is -0.350 e. The molecule has 0 spiro atoms. The normalized spacial score (nSPS) is 11.2. The Kier molecular flexibility index (Phi) is 4.24. The van der Waals surface area contributed by atoms with Crippen LogP contribution in [0.4, 0.5) is 5.69 Å². The summed E-state index contributed by atoms with van der Waals surface area (Å²) >= 11 is 0. The van der Waals surface area contributed by atoms with E-state index in [-0.39, 0.29) is 18.0 Å². The number of anilines is 1. The number of aryl methyl sites for hydroxylation is 1. The van der Waals surface area contributed by atoms with Crippen LogP contribution in [0.15, 0.2) is 59.5 Å². The molecule has 1 amide bonds. The molecule has 27 heavy (non-hydrogen) atoms. The van der Waals surface area contributed by atoms with Crippen LogP contribution in [-0.4, -0.2) is 27.2 Å². The standard InChI is InChI=1S/C21H20N4O2/c1-3-24(18-11-7-4-8-14(18)2)19(26)13-25-21(27)20-16(12-22-25)15-9-5-6-10-17(15)23-20/h4-12,23H,3,13H2,1-2H3. The summed E-state index contributed by atoms with van der Waals surface area (Å²) in [5, 5.41) is 5.96. The lowest BCUT2D eigenvalue weighted by Crippen LogP contribution is -2.37. The molecule has 0 fully saturated rings. The number of carbonyl (C=O) groups excluding carboxylic acids is 1. The van der Waals surface area contributed by atoms with Crippen molar-refractivity contribution in [3.05, 3.63) is 70.6 Å². The van der Waals surface area contributed by atoms with Gasteiger partial charge in [0.05, 0.1) is 6.20 Å². The van der Waals surface area contributed by atoms with Gasteiger partial charge in [-0.15, -0.1) is 0 Å². The van der Waals surface area contributed by atoms with E-state index in [2.05, 4.69) is 10.1 Å². The molecule has 0 bridgehead atoms. The molecule has 0 aliphatic carbocycles. The Morgan fingerprint density at radius 3 is 2.63 bits per heavy atom. The predicted molar refractivity (Wildman–Crippen MR) is 107 cm³/mol. The maximum atomic E-state index is 12.9. The van der Waals surface area contributed by atoms with E-state index in [1.54, 1.807) is 11.1 Å². The van der Waals surface area contributed by atoms with Crippen molar-refractivity contribution in [2.24, 2.45) is 0 Å². The first-order valence-electron chi connectivity index (χ1n) is 8.92. The van der Waals surface area contributed by atoms with E-state index >= 15 is 0 Å². The van der Waals surface area contributed by atoms with Crippen molar-refractivity contribution in [2.75, 3.05) is 11.4 Å². The summed E-state index contributed by atoms with van der Waals surface area (Å²) < 4.78 is 1.22. The zero-order valence-corrected chi connectivity index (χ0v) is 15.3. The third-order valence-corrected chi connectivity index (χ3v) is 4.83. The summed E-state index contributed by atoms with van der Waals surface area (Å²) in [5.74, 6) is -0.170. The number of nitrogens with one attached hydrogen (secondary N) is 1. The molecule has 0 aliphatic rings. The molecule has 0 aliphatic heterocycles. The van der Waals surface area contributed by atoms with Crippen molar-refractivity contribution >= 4 is 33.4 Å². The van der Waals surface area contributed by atoms with Crippen molar-refractivity contribution in [1.82, 2.24) is 14.8 Å². The molecule has 6 nitrogen and oxygen atoms in total. The van der Waals surface area contributed by atoms with Crippen LogP contribution in [0, 0.1) is 6.92 Å². The largest absolute Gasteiger partial charge is 0.350 e. The number of para-hydroxylation sites is 2. The van der Waals surface area contributed by atoms with Gasteiger partial charge in [-0.2, -0.15) is 5.10 Å². The van der Waals surface area contributed by atoms with Crippen LogP contribution in [0.3, 0.4) is 0 Å². The van der Waals surface area contributed by atoms with Gasteiger partial charge in [0, 0.05) is 28.5 Å². The number of hydrogen-bond donors (Lipinski definition) is 1. The molecule has 0 saturated heterocycles. The average Bonchev–Trinajstić information content (AvgIpc) is 3.06. The highest BCUT2D eigenvalue weighted by molar-refractivity contribution is 6.06. The first-order chi connectivity index (χ1) is 13.1. The van der Waals surface area contributed by atoms with Crippen LogP contribution in [0.25, 0.3) is 21.8 Å². The van der Waals surface area contributed by atoms with Crippen LogP contribution in [-0.2, 0) is 11.3 Å². The molecule has 6 heteroatoms. The van der Waals surface area contributed by atoms with Crippen LogP contribution < -0.4 is 10.5 Å². The lowest BCUT2D eigenvalue weighted by Gasteiger charge is -2.23. The number of benzene rings is 2. The van der Waals surface area contributed by atoms with Crippen LogP contribution in [0.2, 0.25) is 0 Å². The summed E-state index contributed by atoms with van der Waals surface area (Å²) in [6, 6.07) is 15.4. The molecule has 4 rings (SSSR count). The summed E-state index contributed by atoms with van der Waals surface area (Å²) in [6.07, 6.45) is 1.65. The van der Waals surface area contributed by atoms with E-state index < -0.39 is 0 Å². The van der Waals surface area contributed by atoms with E-state index in [1.165, 1.54) is 4.68 Å². The van der Waals surface area contributed by atoms with Crippen molar-refractivity contribution in [2.45, 2.75) is 20.4 Å². The lowest BCUT2D eigenvalue weighted by atomic mass is 10.2. The number of aromatic amines is 1. The van der Waals surface area contributed by atoms with Gasteiger partial charge in [0.1, 0.15) is 12.1 Å². The second-order valence-electron chi connectivity index (χ2n) is 6.49. The predicted octanol–water partition coefficient (Wildman–Crippen LogP) is 3.24. The number of likely N-dealkylation sites (N-methyl/N-ethyl adjacent to an activating group) is 1. The molecule has 0 atom stereocenters. The zero-order valence-electron chi connectivity index (χ0n) is 15.3. The Bertz CT molecular complexity index is 1210. The first-order valence-corrected chi connectivity index (χ1v) is 8.92. The van der Waals surface area contributed by atoms with Gasteiger partial charge < -0.3 is 9.88 Å². The van der Waals surface area contributed by atoms with E-state index in [4.69, 9.17) is 0 Å². The molecule has 4 aromatic rings. The van der Waals surface area contributed by atoms with E-state index in [0.29, 0.717) is 12.1 Å². The topological polar surface area (TPSA) is 71.0 Å². The Morgan fingerprint density at radius 2 is 1.85 bits per heavy atom. The van der Waals surface area contributed by atoms with Crippen molar-refractivity contribution < 1.29 is 4.79 Å². The summed E-state index contributed by atoms with van der Waals surface area (Å²) in [4.78, 5) is 30.5. The average molecular weight is 360 g/mol. The Balaban J connectivity index is 1.71. The second-order valence-corrected chi connectivity index (χ2v) is 6.49. The maximum Gasteiger partial charge on any atom is 0.291 e. The Labute approximate surface area is 156 Å². The SMILES string of the molecule is CCN(C(=O)Cn1ncc2c([nH]c3ccccc32)c1=O)c1ccccc1C. The third kappa shape index (κ3) is 2.89. The number of hydrogen-bond acceptors (Lipinski definition) is 3. The smallest absolute Gasteiger partial charge is 0.291 e. The molecule has 136 valence electrons. The summed E-state index contributed by atoms with van der Waals surface area (Å²) in [5.41, 5.74) is 2.92. The zero-order chi connectivity index (χ0) is 19.0. The Hall–Kier alpha value is -3.41. The van der Waals surface area contributed by atoms with Gasteiger partial charge in [-0.25, -0.2) is 4.68 Å². The van der Waals surface area contributed by atoms with Crippen LogP contribution in [0.1, 0.15) is 12.5 Å². The van der Waals surface area contributed by atoms with Gasteiger partial charge >= 0.3 is 0 Å². The van der Waals surface area contributed by atoms with Gasteiger partial charge in [-0.1, -0.05) is 36.4 Å². The molecule has 2 aromatic carbocycles. The van der Waals surface area contributed by atoms with Gasteiger partial charge in [-0.05, 0) is 31.5 Å².